The van der Waals surface area contributed by atoms with Crippen molar-refractivity contribution in [3.05, 3.63) is 69.5 Å². The molecular formula is C29H38Cl2FN3O4. The highest BCUT2D eigenvalue weighted by atomic mass is 35.5. The molecule has 1 aliphatic heterocycles. The molecule has 39 heavy (non-hydrogen) atoms. The summed E-state index contributed by atoms with van der Waals surface area (Å²) in [5.74, 6) is -0.619. The monoisotopic (exact) mass is 581 g/mol. The summed E-state index contributed by atoms with van der Waals surface area (Å²) < 4.78 is 18.6. The lowest BCUT2D eigenvalue weighted by Crippen LogP contribution is -2.50. The van der Waals surface area contributed by atoms with Crippen molar-refractivity contribution in [2.24, 2.45) is 0 Å². The number of nitrogens with one attached hydrogen (secondary N) is 1. The van der Waals surface area contributed by atoms with Crippen LogP contribution in [0.5, 0.6) is 0 Å². The van der Waals surface area contributed by atoms with Crippen LogP contribution in [0.3, 0.4) is 0 Å². The Labute approximate surface area is 240 Å². The number of nitrogens with zero attached hydrogens (tertiary/aromatic N) is 2. The SMILES string of the molecule is COCCN(C(C)=O)C1CCN(CC[C@@](C)(C(=O)N[C@@H](CO)c2ccc(F)cc2)c2ccc(Cl)c(Cl)c2)CC1. The molecule has 0 spiro atoms. The topological polar surface area (TPSA) is 82.1 Å². The van der Waals surface area contributed by atoms with Gasteiger partial charge in [0.05, 0.1) is 34.7 Å². The Morgan fingerprint density at radius 3 is 2.41 bits per heavy atom. The third-order valence-electron chi connectivity index (χ3n) is 7.68. The number of hydrogen-bond donors (Lipinski definition) is 2. The largest absolute Gasteiger partial charge is 0.394 e. The first-order valence-corrected chi connectivity index (χ1v) is 14.0. The van der Waals surface area contributed by atoms with Crippen molar-refractivity contribution in [3.8, 4) is 0 Å². The number of ether oxygens (including phenoxy) is 1. The zero-order valence-corrected chi connectivity index (χ0v) is 24.3. The fourth-order valence-corrected chi connectivity index (χ4v) is 5.40. The zero-order valence-electron chi connectivity index (χ0n) is 22.8. The lowest BCUT2D eigenvalue weighted by molar-refractivity contribution is -0.133. The first-order valence-electron chi connectivity index (χ1n) is 13.2. The molecular weight excluding hydrogens is 544 g/mol. The second-order valence-corrected chi connectivity index (χ2v) is 11.1. The van der Waals surface area contributed by atoms with Crippen molar-refractivity contribution in [1.82, 2.24) is 15.1 Å². The lowest BCUT2D eigenvalue weighted by atomic mass is 9.78. The number of rotatable bonds is 12. The molecule has 0 radical (unpaired) electrons. The molecule has 2 atom stereocenters. The van der Waals surface area contributed by atoms with E-state index < -0.39 is 17.3 Å². The van der Waals surface area contributed by atoms with E-state index in [1.54, 1.807) is 44.4 Å². The van der Waals surface area contributed by atoms with Gasteiger partial charge < -0.3 is 25.0 Å². The molecule has 2 N–H and O–H groups in total. The molecule has 0 aliphatic carbocycles. The van der Waals surface area contributed by atoms with Crippen LogP contribution in [0.4, 0.5) is 4.39 Å². The zero-order chi connectivity index (χ0) is 28.6. The third kappa shape index (κ3) is 8.14. The van der Waals surface area contributed by atoms with Gasteiger partial charge in [0.25, 0.3) is 0 Å². The fraction of sp³-hybridized carbons (Fsp3) is 0.517. The normalized spacial score (nSPS) is 16.9. The summed E-state index contributed by atoms with van der Waals surface area (Å²) in [5.41, 5.74) is 0.333. The van der Waals surface area contributed by atoms with Gasteiger partial charge in [-0.15, -0.1) is 0 Å². The number of hydrogen-bond acceptors (Lipinski definition) is 5. The Morgan fingerprint density at radius 1 is 1.18 bits per heavy atom. The highest BCUT2D eigenvalue weighted by molar-refractivity contribution is 6.42. The number of carbonyl (C=O) groups excluding carboxylic acids is 2. The first kappa shape index (κ1) is 31.3. The number of aliphatic hydroxyl groups is 1. The maximum atomic E-state index is 13.8. The van der Waals surface area contributed by atoms with Crippen LogP contribution in [0.2, 0.25) is 10.0 Å². The average Bonchev–Trinajstić information content (AvgIpc) is 2.93. The summed E-state index contributed by atoms with van der Waals surface area (Å²) in [6.07, 6.45) is 2.18. The van der Waals surface area contributed by atoms with Crippen LogP contribution >= 0.6 is 23.2 Å². The van der Waals surface area contributed by atoms with Crippen molar-refractivity contribution in [3.63, 3.8) is 0 Å². The maximum Gasteiger partial charge on any atom is 0.230 e. The van der Waals surface area contributed by atoms with E-state index in [1.807, 2.05) is 11.8 Å². The van der Waals surface area contributed by atoms with E-state index in [0.29, 0.717) is 47.3 Å². The molecule has 1 aliphatic rings. The molecule has 0 unspecified atom stereocenters. The number of amides is 2. The smallest absolute Gasteiger partial charge is 0.230 e. The molecule has 0 aromatic heterocycles. The summed E-state index contributed by atoms with van der Waals surface area (Å²) in [5, 5.41) is 13.7. The number of likely N-dealkylation sites (tertiary alicyclic amines) is 1. The second kappa shape index (κ2) is 14.4. The molecule has 2 aromatic carbocycles. The molecule has 2 aromatic rings. The van der Waals surface area contributed by atoms with E-state index in [-0.39, 0.29) is 24.5 Å². The minimum atomic E-state index is -0.984. The summed E-state index contributed by atoms with van der Waals surface area (Å²) >= 11 is 12.5. The van der Waals surface area contributed by atoms with E-state index in [2.05, 4.69) is 10.2 Å². The Kier molecular flexibility index (Phi) is 11.6. The average molecular weight is 583 g/mol. The Bertz CT molecular complexity index is 1110. The van der Waals surface area contributed by atoms with Crippen molar-refractivity contribution in [2.75, 3.05) is 46.5 Å². The van der Waals surface area contributed by atoms with Gasteiger partial charge in [-0.25, -0.2) is 4.39 Å². The first-order chi connectivity index (χ1) is 18.6. The number of aliphatic hydroxyl groups excluding tert-OH is 1. The highest BCUT2D eigenvalue weighted by Gasteiger charge is 2.38. The summed E-state index contributed by atoms with van der Waals surface area (Å²) in [6.45, 7) is 6.44. The quantitative estimate of drug-likeness (QED) is 0.383. The van der Waals surface area contributed by atoms with Gasteiger partial charge in [0.1, 0.15) is 5.82 Å². The van der Waals surface area contributed by atoms with Crippen molar-refractivity contribution < 1.29 is 23.8 Å². The molecule has 10 heteroatoms. The van der Waals surface area contributed by atoms with Crippen LogP contribution in [-0.4, -0.2) is 79.3 Å². The third-order valence-corrected chi connectivity index (χ3v) is 8.42. The minimum absolute atomic E-state index is 0.0500. The fourth-order valence-electron chi connectivity index (χ4n) is 5.10. The van der Waals surface area contributed by atoms with Gasteiger partial charge in [0, 0.05) is 39.7 Å². The van der Waals surface area contributed by atoms with E-state index >= 15 is 0 Å². The van der Waals surface area contributed by atoms with Crippen molar-refractivity contribution >= 4 is 35.0 Å². The standard InChI is InChI=1S/C29H38Cl2FN3O4/c1-20(37)35(16-17-39-3)24-10-13-34(14-11-24)15-12-29(2,22-6-9-25(30)26(31)18-22)28(38)33-27(19-36)21-4-7-23(32)8-5-21/h4-9,18,24,27,36H,10-17,19H2,1-3H3,(H,33,38)/t27-,29+/m0/s1. The lowest BCUT2D eigenvalue weighted by Gasteiger charge is -2.39. The highest BCUT2D eigenvalue weighted by Crippen LogP contribution is 2.34. The number of methoxy groups -OCH3 is 1. The Hall–Kier alpha value is -2.23. The van der Waals surface area contributed by atoms with E-state index in [4.69, 9.17) is 27.9 Å². The minimum Gasteiger partial charge on any atom is -0.394 e. The predicted molar refractivity (Wildman–Crippen MR) is 152 cm³/mol. The van der Waals surface area contributed by atoms with E-state index in [0.717, 1.165) is 25.9 Å². The van der Waals surface area contributed by atoms with Crippen molar-refractivity contribution in [1.29, 1.82) is 0 Å². The van der Waals surface area contributed by atoms with Gasteiger partial charge in [-0.2, -0.15) is 0 Å². The van der Waals surface area contributed by atoms with Gasteiger partial charge in [0.15, 0.2) is 0 Å². The molecule has 0 bridgehead atoms. The van der Waals surface area contributed by atoms with Gasteiger partial charge in [-0.3, -0.25) is 9.59 Å². The van der Waals surface area contributed by atoms with Crippen LogP contribution in [0, 0.1) is 5.82 Å². The molecule has 7 nitrogen and oxygen atoms in total. The molecule has 2 amide bonds. The summed E-state index contributed by atoms with van der Waals surface area (Å²) in [6, 6.07) is 10.4. The maximum absolute atomic E-state index is 13.8. The summed E-state index contributed by atoms with van der Waals surface area (Å²) in [7, 11) is 1.63. The Morgan fingerprint density at radius 2 is 1.85 bits per heavy atom. The van der Waals surface area contributed by atoms with Crippen LogP contribution < -0.4 is 5.32 Å². The molecule has 1 fully saturated rings. The van der Waals surface area contributed by atoms with Crippen molar-refractivity contribution in [2.45, 2.75) is 50.6 Å². The number of benzene rings is 2. The van der Waals surface area contributed by atoms with Crippen LogP contribution in [-0.2, 0) is 19.7 Å². The molecule has 1 heterocycles. The predicted octanol–water partition coefficient (Wildman–Crippen LogP) is 4.59. The van der Waals surface area contributed by atoms with Gasteiger partial charge >= 0.3 is 0 Å². The number of piperidine rings is 1. The number of carbonyl (C=O) groups is 2. The molecule has 3 rings (SSSR count). The molecule has 1 saturated heterocycles. The van der Waals surface area contributed by atoms with Gasteiger partial charge in [0.2, 0.25) is 11.8 Å². The van der Waals surface area contributed by atoms with Gasteiger partial charge in [-0.05, 0) is 68.1 Å². The van der Waals surface area contributed by atoms with E-state index in [1.165, 1.54) is 12.1 Å². The van der Waals surface area contributed by atoms with Gasteiger partial charge in [-0.1, -0.05) is 41.4 Å². The van der Waals surface area contributed by atoms with E-state index in [9.17, 15) is 19.1 Å². The summed E-state index contributed by atoms with van der Waals surface area (Å²) in [4.78, 5) is 30.2. The van der Waals surface area contributed by atoms with Crippen LogP contribution in [0.25, 0.3) is 0 Å². The van der Waals surface area contributed by atoms with Crippen LogP contribution in [0.1, 0.15) is 50.3 Å². The Balaban J connectivity index is 1.74. The number of halogens is 3. The van der Waals surface area contributed by atoms with Crippen LogP contribution in [0.15, 0.2) is 42.5 Å². The molecule has 214 valence electrons. The molecule has 0 saturated carbocycles. The second-order valence-electron chi connectivity index (χ2n) is 10.2.